The van der Waals surface area contributed by atoms with E-state index in [1.54, 1.807) is 39.0 Å². The number of anilines is 1. The van der Waals surface area contributed by atoms with Crippen molar-refractivity contribution in [2.75, 3.05) is 5.32 Å². The predicted octanol–water partition coefficient (Wildman–Crippen LogP) is 4.73. The van der Waals surface area contributed by atoms with E-state index in [4.69, 9.17) is 16.3 Å². The molecule has 25 heavy (non-hydrogen) atoms. The SMILES string of the molecule is C=CCC(Nc1cc(Cl)ccc1I)(C(=O)O)[C@@H](C)C(=O)OC(C)(C)C. The van der Waals surface area contributed by atoms with E-state index in [0.29, 0.717) is 10.7 Å². The molecule has 1 aromatic carbocycles. The molecular formula is C18H23ClINO4. The van der Waals surface area contributed by atoms with Gasteiger partial charge in [-0.2, -0.15) is 0 Å². The van der Waals surface area contributed by atoms with E-state index in [1.165, 1.54) is 13.0 Å². The molecule has 2 N–H and O–H groups in total. The van der Waals surface area contributed by atoms with E-state index < -0.39 is 29.0 Å². The molecule has 0 aliphatic carbocycles. The van der Waals surface area contributed by atoms with Crippen molar-refractivity contribution >= 4 is 51.8 Å². The Morgan fingerprint density at radius 2 is 2.04 bits per heavy atom. The molecule has 1 unspecified atom stereocenters. The molecule has 0 saturated carbocycles. The van der Waals surface area contributed by atoms with Gasteiger partial charge in [0.2, 0.25) is 0 Å². The van der Waals surface area contributed by atoms with Crippen LogP contribution in [-0.2, 0) is 14.3 Å². The minimum absolute atomic E-state index is 0.0331. The van der Waals surface area contributed by atoms with Gasteiger partial charge in [-0.25, -0.2) is 4.79 Å². The molecular weight excluding hydrogens is 457 g/mol. The molecule has 1 aromatic rings. The van der Waals surface area contributed by atoms with Crippen LogP contribution < -0.4 is 5.32 Å². The van der Waals surface area contributed by atoms with Gasteiger partial charge >= 0.3 is 11.9 Å². The number of rotatable bonds is 7. The third-order valence-corrected chi connectivity index (χ3v) is 4.81. The first-order valence-electron chi connectivity index (χ1n) is 7.73. The molecule has 0 saturated heterocycles. The van der Waals surface area contributed by atoms with Crippen LogP contribution in [0.15, 0.2) is 30.9 Å². The largest absolute Gasteiger partial charge is 0.479 e. The number of nitrogens with one attached hydrogen (secondary N) is 1. The summed E-state index contributed by atoms with van der Waals surface area (Å²) >= 11 is 8.10. The Morgan fingerprint density at radius 3 is 2.52 bits per heavy atom. The van der Waals surface area contributed by atoms with Gasteiger partial charge in [0.1, 0.15) is 5.60 Å². The molecule has 0 aliphatic rings. The van der Waals surface area contributed by atoms with Crippen molar-refractivity contribution in [3.05, 3.63) is 39.4 Å². The van der Waals surface area contributed by atoms with E-state index in [9.17, 15) is 14.7 Å². The average molecular weight is 480 g/mol. The van der Waals surface area contributed by atoms with Gasteiger partial charge in [-0.05, 0) is 74.9 Å². The van der Waals surface area contributed by atoms with Crippen LogP contribution in [0.2, 0.25) is 5.02 Å². The van der Waals surface area contributed by atoms with E-state index in [-0.39, 0.29) is 6.42 Å². The maximum absolute atomic E-state index is 12.5. The predicted molar refractivity (Wildman–Crippen MR) is 108 cm³/mol. The number of carbonyl (C=O) groups is 2. The normalized spacial score (nSPS) is 15.0. The Hall–Kier alpha value is -1.28. The quantitative estimate of drug-likeness (QED) is 0.336. The van der Waals surface area contributed by atoms with E-state index in [1.807, 2.05) is 0 Å². The lowest BCUT2D eigenvalue weighted by Crippen LogP contribution is -2.55. The van der Waals surface area contributed by atoms with Gasteiger partial charge in [0.25, 0.3) is 0 Å². The van der Waals surface area contributed by atoms with Crippen LogP contribution in [0.5, 0.6) is 0 Å². The van der Waals surface area contributed by atoms with Crippen molar-refractivity contribution in [2.24, 2.45) is 5.92 Å². The average Bonchev–Trinajstić information content (AvgIpc) is 2.47. The topological polar surface area (TPSA) is 75.6 Å². The molecule has 0 amide bonds. The number of ether oxygens (including phenoxy) is 1. The fourth-order valence-corrected chi connectivity index (χ4v) is 2.96. The van der Waals surface area contributed by atoms with E-state index in [0.717, 1.165) is 3.57 Å². The first-order valence-corrected chi connectivity index (χ1v) is 9.19. The highest BCUT2D eigenvalue weighted by molar-refractivity contribution is 14.1. The van der Waals surface area contributed by atoms with Crippen molar-refractivity contribution in [3.63, 3.8) is 0 Å². The Labute approximate surface area is 166 Å². The Morgan fingerprint density at radius 1 is 1.44 bits per heavy atom. The third-order valence-electron chi connectivity index (χ3n) is 3.63. The second kappa shape index (κ2) is 8.40. The molecule has 138 valence electrons. The number of benzene rings is 1. The summed E-state index contributed by atoms with van der Waals surface area (Å²) in [5, 5.41) is 13.4. The summed E-state index contributed by atoms with van der Waals surface area (Å²) in [6, 6.07) is 5.11. The fraction of sp³-hybridized carbons (Fsp3) is 0.444. The number of carboxylic acid groups (broad SMARTS) is 1. The van der Waals surface area contributed by atoms with Crippen molar-refractivity contribution in [1.29, 1.82) is 0 Å². The standard InChI is InChI=1S/C18H23ClINO4/c1-6-9-18(16(23)24,11(2)15(22)25-17(3,4)5)21-14-10-12(19)7-8-13(14)20/h6-8,10-11,21H,1,9H2,2-5H3,(H,23,24)/t11-,18?/m0/s1. The van der Waals surface area contributed by atoms with E-state index in [2.05, 4.69) is 34.5 Å². The molecule has 0 fully saturated rings. The van der Waals surface area contributed by atoms with E-state index >= 15 is 0 Å². The van der Waals surface area contributed by atoms with Gasteiger partial charge in [-0.3, -0.25) is 4.79 Å². The zero-order valence-electron chi connectivity index (χ0n) is 14.7. The lowest BCUT2D eigenvalue weighted by atomic mass is 9.81. The summed E-state index contributed by atoms with van der Waals surface area (Å²) in [4.78, 5) is 24.7. The summed E-state index contributed by atoms with van der Waals surface area (Å²) in [7, 11) is 0. The summed E-state index contributed by atoms with van der Waals surface area (Å²) < 4.78 is 6.17. The number of hydrogen-bond donors (Lipinski definition) is 2. The molecule has 0 radical (unpaired) electrons. The van der Waals surface area contributed by atoms with Crippen molar-refractivity contribution < 1.29 is 19.4 Å². The first-order chi connectivity index (χ1) is 11.4. The minimum Gasteiger partial charge on any atom is -0.479 e. The number of carbonyl (C=O) groups excluding carboxylic acids is 1. The lowest BCUT2D eigenvalue weighted by molar-refractivity contribution is -0.166. The van der Waals surface area contributed by atoms with Gasteiger partial charge in [-0.1, -0.05) is 17.7 Å². The molecule has 0 aliphatic heterocycles. The maximum atomic E-state index is 12.5. The van der Waals surface area contributed by atoms with Crippen LogP contribution in [0, 0.1) is 9.49 Å². The monoisotopic (exact) mass is 479 g/mol. The highest BCUT2D eigenvalue weighted by atomic mass is 127. The van der Waals surface area contributed by atoms with Crippen molar-refractivity contribution in [3.8, 4) is 0 Å². The second-order valence-corrected chi connectivity index (χ2v) is 8.37. The molecule has 2 atom stereocenters. The summed E-state index contributed by atoms with van der Waals surface area (Å²) in [6.07, 6.45) is 1.50. The second-order valence-electron chi connectivity index (χ2n) is 6.77. The first kappa shape index (κ1) is 21.8. The highest BCUT2D eigenvalue weighted by Crippen LogP contribution is 2.33. The third kappa shape index (κ3) is 5.60. The van der Waals surface area contributed by atoms with Gasteiger partial charge in [-0.15, -0.1) is 6.58 Å². The van der Waals surface area contributed by atoms with Crippen LogP contribution in [0.4, 0.5) is 5.69 Å². The molecule has 0 spiro atoms. The smallest absolute Gasteiger partial charge is 0.330 e. The highest BCUT2D eigenvalue weighted by Gasteiger charge is 2.48. The number of esters is 1. The Balaban J connectivity index is 3.34. The van der Waals surface area contributed by atoms with Crippen LogP contribution in [-0.4, -0.2) is 28.2 Å². The molecule has 7 heteroatoms. The van der Waals surface area contributed by atoms with Crippen LogP contribution >= 0.6 is 34.2 Å². The van der Waals surface area contributed by atoms with Gasteiger partial charge < -0.3 is 15.2 Å². The molecule has 0 aromatic heterocycles. The maximum Gasteiger partial charge on any atom is 0.330 e. The van der Waals surface area contributed by atoms with Gasteiger partial charge in [0.15, 0.2) is 5.54 Å². The van der Waals surface area contributed by atoms with Crippen LogP contribution in [0.25, 0.3) is 0 Å². The molecule has 5 nitrogen and oxygen atoms in total. The number of hydrogen-bond acceptors (Lipinski definition) is 4. The summed E-state index contributed by atoms with van der Waals surface area (Å²) in [6.45, 7) is 10.4. The zero-order valence-corrected chi connectivity index (χ0v) is 17.6. The minimum atomic E-state index is -1.60. The lowest BCUT2D eigenvalue weighted by Gasteiger charge is -2.36. The van der Waals surface area contributed by atoms with Crippen LogP contribution in [0.3, 0.4) is 0 Å². The molecule has 0 bridgehead atoms. The fourth-order valence-electron chi connectivity index (χ4n) is 2.31. The van der Waals surface area contributed by atoms with Gasteiger partial charge in [0, 0.05) is 14.3 Å². The summed E-state index contributed by atoms with van der Waals surface area (Å²) in [5.74, 6) is -2.72. The number of aliphatic carboxylic acids is 1. The Bertz CT molecular complexity index is 672. The Kier molecular flexibility index (Phi) is 7.31. The zero-order chi connectivity index (χ0) is 19.4. The number of halogens is 2. The summed E-state index contributed by atoms with van der Waals surface area (Å²) in [5.41, 5.74) is -1.78. The van der Waals surface area contributed by atoms with Gasteiger partial charge in [0.05, 0.1) is 5.92 Å². The van der Waals surface area contributed by atoms with Crippen molar-refractivity contribution in [2.45, 2.75) is 45.3 Å². The molecule has 0 heterocycles. The van der Waals surface area contributed by atoms with Crippen LogP contribution in [0.1, 0.15) is 34.1 Å². The van der Waals surface area contributed by atoms with Crippen molar-refractivity contribution in [1.82, 2.24) is 0 Å². The number of carboxylic acids is 1. The molecule has 1 rings (SSSR count).